The fourth-order valence-corrected chi connectivity index (χ4v) is 2.25. The maximum Gasteiger partial charge on any atom is 0.120 e. The van der Waals surface area contributed by atoms with Crippen LogP contribution in [0.4, 0.5) is 0 Å². The minimum atomic E-state index is 0.312. The van der Waals surface area contributed by atoms with Gasteiger partial charge in [0.15, 0.2) is 0 Å². The summed E-state index contributed by atoms with van der Waals surface area (Å²) < 4.78 is 11.2. The van der Waals surface area contributed by atoms with Gasteiger partial charge in [-0.3, -0.25) is 4.90 Å². The van der Waals surface area contributed by atoms with Gasteiger partial charge >= 0.3 is 0 Å². The molecule has 1 aliphatic rings. The molecule has 1 aliphatic heterocycles. The molecular weight excluding hydrogens is 260 g/mol. The number of thiocarbonyl (C=S) groups is 1. The van der Waals surface area contributed by atoms with E-state index in [0.717, 1.165) is 37.6 Å². The number of rotatable bonds is 5. The molecule has 1 fully saturated rings. The number of ether oxygens (including phenoxy) is 2. The summed E-state index contributed by atoms with van der Waals surface area (Å²) in [6.45, 7) is 6.41. The lowest BCUT2D eigenvalue weighted by Gasteiger charge is -2.30. The smallest absolute Gasteiger partial charge is 0.120 e. The summed E-state index contributed by atoms with van der Waals surface area (Å²) in [4.78, 5) is 2.75. The van der Waals surface area contributed by atoms with Gasteiger partial charge in [-0.2, -0.15) is 0 Å². The Labute approximate surface area is 119 Å². The van der Waals surface area contributed by atoms with Crippen LogP contribution in [0.3, 0.4) is 0 Å². The van der Waals surface area contributed by atoms with E-state index in [0.29, 0.717) is 17.7 Å². The summed E-state index contributed by atoms with van der Waals surface area (Å²) in [6.07, 6.45) is 0.312. The van der Waals surface area contributed by atoms with E-state index in [1.807, 2.05) is 24.3 Å². The first-order valence-electron chi connectivity index (χ1n) is 6.52. The zero-order valence-electron chi connectivity index (χ0n) is 11.2. The van der Waals surface area contributed by atoms with Gasteiger partial charge in [-0.25, -0.2) is 0 Å². The number of hydrogen-bond donors (Lipinski definition) is 1. The second-order valence-corrected chi connectivity index (χ2v) is 5.16. The van der Waals surface area contributed by atoms with E-state index in [1.165, 1.54) is 0 Å². The van der Waals surface area contributed by atoms with E-state index in [2.05, 4.69) is 11.8 Å². The lowest BCUT2D eigenvalue weighted by atomic mass is 10.2. The van der Waals surface area contributed by atoms with Crippen molar-refractivity contribution in [1.29, 1.82) is 0 Å². The van der Waals surface area contributed by atoms with E-state index in [1.54, 1.807) is 0 Å². The molecular formula is C14H20N2O2S. The minimum Gasteiger partial charge on any atom is -0.492 e. The molecule has 1 atom stereocenters. The van der Waals surface area contributed by atoms with Crippen LogP contribution < -0.4 is 10.5 Å². The van der Waals surface area contributed by atoms with Crippen molar-refractivity contribution >= 4 is 17.2 Å². The quantitative estimate of drug-likeness (QED) is 0.827. The van der Waals surface area contributed by atoms with E-state index >= 15 is 0 Å². The molecule has 5 heteroatoms. The molecule has 2 rings (SSSR count). The van der Waals surface area contributed by atoms with Gasteiger partial charge in [0, 0.05) is 25.2 Å². The number of morpholine rings is 1. The Morgan fingerprint density at radius 2 is 2.42 bits per heavy atom. The second kappa shape index (κ2) is 6.84. The first-order chi connectivity index (χ1) is 9.15. The molecule has 1 aromatic rings. The fourth-order valence-electron chi connectivity index (χ4n) is 2.13. The maximum atomic E-state index is 5.74. The Balaban J connectivity index is 1.79. The van der Waals surface area contributed by atoms with Crippen molar-refractivity contribution in [3.05, 3.63) is 29.8 Å². The molecule has 0 amide bonds. The average Bonchev–Trinajstić information content (AvgIpc) is 2.39. The Hall–Kier alpha value is -1.17. The minimum absolute atomic E-state index is 0.312. The normalized spacial score (nSPS) is 20.2. The summed E-state index contributed by atoms with van der Waals surface area (Å²) in [5.41, 5.74) is 6.44. The van der Waals surface area contributed by atoms with Crippen molar-refractivity contribution in [3.8, 4) is 5.75 Å². The highest BCUT2D eigenvalue weighted by Gasteiger charge is 2.15. The highest BCUT2D eigenvalue weighted by Crippen LogP contribution is 2.13. The second-order valence-electron chi connectivity index (χ2n) is 4.72. The molecule has 104 valence electrons. The van der Waals surface area contributed by atoms with E-state index in [4.69, 9.17) is 27.4 Å². The van der Waals surface area contributed by atoms with Gasteiger partial charge in [-0.15, -0.1) is 0 Å². The van der Waals surface area contributed by atoms with Crippen LogP contribution >= 0.6 is 12.2 Å². The SMILES string of the molecule is CC1CN(CCOc2cccc(C(N)=S)c2)CCO1. The molecule has 0 saturated carbocycles. The van der Waals surface area contributed by atoms with Crippen LogP contribution in [0.15, 0.2) is 24.3 Å². The third-order valence-electron chi connectivity index (χ3n) is 3.12. The van der Waals surface area contributed by atoms with Gasteiger partial charge in [0.25, 0.3) is 0 Å². The van der Waals surface area contributed by atoms with Crippen molar-refractivity contribution in [2.24, 2.45) is 5.73 Å². The molecule has 1 saturated heterocycles. The van der Waals surface area contributed by atoms with E-state index in [9.17, 15) is 0 Å². The number of benzene rings is 1. The molecule has 4 nitrogen and oxygen atoms in total. The van der Waals surface area contributed by atoms with Gasteiger partial charge in [0.05, 0.1) is 12.7 Å². The predicted octanol–water partition coefficient (Wildman–Crippen LogP) is 1.42. The molecule has 0 spiro atoms. The molecule has 1 heterocycles. The third-order valence-corrected chi connectivity index (χ3v) is 3.36. The molecule has 1 aromatic carbocycles. The van der Waals surface area contributed by atoms with E-state index < -0.39 is 0 Å². The largest absolute Gasteiger partial charge is 0.492 e. The number of nitrogens with two attached hydrogens (primary N) is 1. The summed E-state index contributed by atoms with van der Waals surface area (Å²) >= 11 is 4.95. The predicted molar refractivity (Wildman–Crippen MR) is 79.7 cm³/mol. The third kappa shape index (κ3) is 4.45. The lowest BCUT2D eigenvalue weighted by molar-refractivity contribution is -0.0214. The molecule has 1 unspecified atom stereocenters. The van der Waals surface area contributed by atoms with E-state index in [-0.39, 0.29) is 0 Å². The van der Waals surface area contributed by atoms with Crippen molar-refractivity contribution in [2.45, 2.75) is 13.0 Å². The van der Waals surface area contributed by atoms with Crippen molar-refractivity contribution in [2.75, 3.05) is 32.8 Å². The zero-order chi connectivity index (χ0) is 13.7. The molecule has 19 heavy (non-hydrogen) atoms. The van der Waals surface area contributed by atoms with Crippen molar-refractivity contribution in [1.82, 2.24) is 4.90 Å². The van der Waals surface area contributed by atoms with Crippen molar-refractivity contribution < 1.29 is 9.47 Å². The molecule has 2 N–H and O–H groups in total. The molecule has 0 aromatic heterocycles. The Kier molecular flexibility index (Phi) is 5.13. The van der Waals surface area contributed by atoms with Crippen molar-refractivity contribution in [3.63, 3.8) is 0 Å². The van der Waals surface area contributed by atoms with Crippen LogP contribution in [-0.2, 0) is 4.74 Å². The van der Waals surface area contributed by atoms with Gasteiger partial charge in [0.1, 0.15) is 17.3 Å². The first-order valence-corrected chi connectivity index (χ1v) is 6.92. The zero-order valence-corrected chi connectivity index (χ0v) is 12.0. The topological polar surface area (TPSA) is 47.7 Å². The van der Waals surface area contributed by atoms with Gasteiger partial charge < -0.3 is 15.2 Å². The van der Waals surface area contributed by atoms with Gasteiger partial charge in [-0.05, 0) is 19.1 Å². The maximum absolute atomic E-state index is 5.74. The van der Waals surface area contributed by atoms with Crippen LogP contribution in [-0.4, -0.2) is 48.8 Å². The van der Waals surface area contributed by atoms with Crippen LogP contribution in [0, 0.1) is 0 Å². The van der Waals surface area contributed by atoms with Gasteiger partial charge in [-0.1, -0.05) is 24.4 Å². The average molecular weight is 280 g/mol. The van der Waals surface area contributed by atoms with Crippen LogP contribution in [0.25, 0.3) is 0 Å². The van der Waals surface area contributed by atoms with Crippen LogP contribution in [0.5, 0.6) is 5.75 Å². The number of hydrogen-bond acceptors (Lipinski definition) is 4. The summed E-state index contributed by atoms with van der Waals surface area (Å²) in [6, 6.07) is 7.59. The number of nitrogens with zero attached hydrogens (tertiary/aromatic N) is 1. The Morgan fingerprint density at radius 1 is 1.58 bits per heavy atom. The monoisotopic (exact) mass is 280 g/mol. The molecule has 0 radical (unpaired) electrons. The highest BCUT2D eigenvalue weighted by atomic mass is 32.1. The Morgan fingerprint density at radius 3 is 3.16 bits per heavy atom. The van der Waals surface area contributed by atoms with Crippen LogP contribution in [0.1, 0.15) is 12.5 Å². The fraction of sp³-hybridized carbons (Fsp3) is 0.500. The van der Waals surface area contributed by atoms with Gasteiger partial charge in [0.2, 0.25) is 0 Å². The molecule has 0 aliphatic carbocycles. The summed E-state index contributed by atoms with van der Waals surface area (Å²) in [5, 5.41) is 0. The summed E-state index contributed by atoms with van der Waals surface area (Å²) in [5.74, 6) is 0.812. The standard InChI is InChI=1S/C14H20N2O2S/c1-11-10-16(5-7-17-11)6-8-18-13-4-2-3-12(9-13)14(15)19/h2-4,9,11H,5-8,10H2,1H3,(H2,15,19). The Bertz CT molecular complexity index is 439. The van der Waals surface area contributed by atoms with Crippen LogP contribution in [0.2, 0.25) is 0 Å². The molecule has 0 bridgehead atoms. The lowest BCUT2D eigenvalue weighted by Crippen LogP contribution is -2.42. The first kappa shape index (κ1) is 14.2. The highest BCUT2D eigenvalue weighted by molar-refractivity contribution is 7.80. The summed E-state index contributed by atoms with van der Waals surface area (Å²) in [7, 11) is 0.